The molecule has 4 atom stereocenters. The number of carbonyl (C=O) groups is 3. The molecule has 2 heterocycles. The monoisotopic (exact) mass is 498 g/mol. The van der Waals surface area contributed by atoms with E-state index >= 15 is 0 Å². The summed E-state index contributed by atoms with van der Waals surface area (Å²) in [5.74, 6) is -1.31. The van der Waals surface area contributed by atoms with Crippen molar-refractivity contribution in [3.05, 3.63) is 54.5 Å². The van der Waals surface area contributed by atoms with Crippen LogP contribution in [0.4, 0.5) is 5.82 Å². The molecule has 1 aromatic carbocycles. The third kappa shape index (κ3) is 8.31. The summed E-state index contributed by atoms with van der Waals surface area (Å²) < 4.78 is 0. The highest BCUT2D eigenvalue weighted by Gasteiger charge is 2.38. The number of carbonyl (C=O) groups excluding carboxylic acids is 2. The Hall–Kier alpha value is -3.51. The summed E-state index contributed by atoms with van der Waals surface area (Å²) in [5.41, 5.74) is 0.879. The normalized spacial score (nSPS) is 17.1. The molecule has 0 saturated carbocycles. The Kier molecular flexibility index (Phi) is 11.8. The molecule has 3 unspecified atom stereocenters. The number of nitrogens with zero attached hydrogens (tertiary/aromatic N) is 3. The van der Waals surface area contributed by atoms with Crippen molar-refractivity contribution in [1.82, 2.24) is 20.2 Å². The molecule has 1 fully saturated rings. The zero-order chi connectivity index (χ0) is 26.5. The van der Waals surface area contributed by atoms with Crippen LogP contribution in [0.15, 0.2) is 48.9 Å². The highest BCUT2D eigenvalue weighted by Crippen LogP contribution is 2.20. The number of amides is 2. The lowest BCUT2D eigenvalue weighted by atomic mass is 9.97. The molecule has 36 heavy (non-hydrogen) atoms. The van der Waals surface area contributed by atoms with E-state index in [2.05, 4.69) is 20.6 Å². The Labute approximate surface area is 211 Å². The third-order valence-electron chi connectivity index (χ3n) is 6.08. The summed E-state index contributed by atoms with van der Waals surface area (Å²) in [6.07, 6.45) is 6.66. The van der Waals surface area contributed by atoms with Gasteiger partial charge in [0.1, 0.15) is 23.9 Å². The van der Waals surface area contributed by atoms with Gasteiger partial charge in [0.15, 0.2) is 0 Å². The van der Waals surface area contributed by atoms with E-state index in [1.165, 1.54) is 17.3 Å². The maximum Gasteiger partial charge on any atom is 0.482 e. The van der Waals surface area contributed by atoms with Crippen LogP contribution in [0.3, 0.4) is 0 Å². The predicted octanol–water partition coefficient (Wildman–Crippen LogP) is 0.612. The van der Waals surface area contributed by atoms with Gasteiger partial charge in [-0.3, -0.25) is 14.6 Å². The molecule has 0 spiro atoms. The average Bonchev–Trinajstić information content (AvgIpc) is 3.38. The van der Waals surface area contributed by atoms with E-state index < -0.39 is 24.1 Å². The zero-order valence-corrected chi connectivity index (χ0v) is 20.4. The summed E-state index contributed by atoms with van der Waals surface area (Å²) in [4.78, 5) is 48.1. The van der Waals surface area contributed by atoms with Gasteiger partial charge in [-0.1, -0.05) is 50.6 Å². The first-order valence-electron chi connectivity index (χ1n) is 11.8. The minimum absolute atomic E-state index is 0. The van der Waals surface area contributed by atoms with Crippen LogP contribution < -0.4 is 10.6 Å². The van der Waals surface area contributed by atoms with E-state index in [1.807, 2.05) is 44.2 Å². The fourth-order valence-electron chi connectivity index (χ4n) is 4.03. The van der Waals surface area contributed by atoms with Gasteiger partial charge in [-0.15, -0.1) is 0 Å². The summed E-state index contributed by atoms with van der Waals surface area (Å²) in [6, 6.07) is 7.00. The van der Waals surface area contributed by atoms with Crippen LogP contribution >= 0.6 is 0 Å². The number of benzene rings is 1. The lowest BCUT2D eigenvalue weighted by molar-refractivity contribution is -0.149. The van der Waals surface area contributed by atoms with Crippen molar-refractivity contribution in [2.45, 2.75) is 57.7 Å². The van der Waals surface area contributed by atoms with E-state index in [4.69, 9.17) is 10.0 Å². The second-order valence-corrected chi connectivity index (χ2v) is 8.49. The summed E-state index contributed by atoms with van der Waals surface area (Å²) in [7, 11) is 0. The van der Waals surface area contributed by atoms with Crippen LogP contribution in [-0.4, -0.2) is 80.2 Å². The second-order valence-electron chi connectivity index (χ2n) is 8.49. The SMILES string of the molecule is CCC(C)C(Nc1cnccn1)C(=O)NC(Cc1ccccc1)C(=O)N1CCC[C@H]1C(=O)O.O[B]O. The van der Waals surface area contributed by atoms with E-state index in [-0.39, 0.29) is 31.8 Å². The highest BCUT2D eigenvalue weighted by atomic mass is 16.4. The zero-order valence-electron chi connectivity index (χ0n) is 20.4. The molecule has 193 valence electrons. The number of rotatable bonds is 10. The summed E-state index contributed by atoms with van der Waals surface area (Å²) >= 11 is 0. The number of likely N-dealkylation sites (tertiary alicyclic amines) is 1. The van der Waals surface area contributed by atoms with Crippen LogP contribution in [0.5, 0.6) is 0 Å². The second kappa shape index (κ2) is 14.8. The molecule has 11 nitrogen and oxygen atoms in total. The molecule has 1 aliphatic rings. The molecular weight excluding hydrogens is 465 g/mol. The van der Waals surface area contributed by atoms with Crippen molar-refractivity contribution in [2.75, 3.05) is 11.9 Å². The number of nitrogens with one attached hydrogen (secondary N) is 2. The minimum atomic E-state index is -1.02. The van der Waals surface area contributed by atoms with Gasteiger partial charge in [-0.25, -0.2) is 9.78 Å². The van der Waals surface area contributed by atoms with Gasteiger partial charge in [-0.2, -0.15) is 0 Å². The van der Waals surface area contributed by atoms with Crippen LogP contribution in [0.25, 0.3) is 0 Å². The van der Waals surface area contributed by atoms with Crippen molar-refractivity contribution in [1.29, 1.82) is 0 Å². The molecule has 12 heteroatoms. The van der Waals surface area contributed by atoms with Gasteiger partial charge >= 0.3 is 13.7 Å². The fraction of sp³-hybridized carbons (Fsp3) is 0.458. The number of aliphatic carboxylic acids is 1. The Morgan fingerprint density at radius 1 is 1.19 bits per heavy atom. The fourth-order valence-corrected chi connectivity index (χ4v) is 4.03. The minimum Gasteiger partial charge on any atom is -0.480 e. The van der Waals surface area contributed by atoms with Crippen LogP contribution in [0, 0.1) is 5.92 Å². The van der Waals surface area contributed by atoms with Gasteiger partial charge < -0.3 is 30.7 Å². The Balaban J connectivity index is 0.00000145. The van der Waals surface area contributed by atoms with E-state index in [1.54, 1.807) is 6.20 Å². The smallest absolute Gasteiger partial charge is 0.480 e. The molecule has 1 radical (unpaired) electrons. The molecule has 2 aromatic rings. The maximum atomic E-state index is 13.4. The lowest BCUT2D eigenvalue weighted by Crippen LogP contribution is -2.56. The summed E-state index contributed by atoms with van der Waals surface area (Å²) in [5, 5.41) is 29.6. The van der Waals surface area contributed by atoms with Crippen molar-refractivity contribution in [2.24, 2.45) is 5.92 Å². The molecule has 0 bridgehead atoms. The number of hydrogen-bond acceptors (Lipinski definition) is 8. The van der Waals surface area contributed by atoms with E-state index in [0.717, 1.165) is 12.0 Å². The number of carboxylic acid groups (broad SMARTS) is 1. The molecule has 2 amide bonds. The third-order valence-corrected chi connectivity index (χ3v) is 6.08. The number of carboxylic acids is 1. The van der Waals surface area contributed by atoms with Crippen LogP contribution in [-0.2, 0) is 20.8 Å². The quantitative estimate of drug-likeness (QED) is 0.295. The Morgan fingerprint density at radius 3 is 2.47 bits per heavy atom. The first kappa shape index (κ1) is 28.7. The molecule has 1 aromatic heterocycles. The van der Waals surface area contributed by atoms with Crippen molar-refractivity contribution in [3.63, 3.8) is 0 Å². The lowest BCUT2D eigenvalue weighted by Gasteiger charge is -2.30. The molecule has 1 aliphatic heterocycles. The van der Waals surface area contributed by atoms with Crippen molar-refractivity contribution < 1.29 is 29.5 Å². The van der Waals surface area contributed by atoms with Crippen molar-refractivity contribution in [3.8, 4) is 0 Å². The van der Waals surface area contributed by atoms with Gasteiger partial charge in [0.25, 0.3) is 0 Å². The van der Waals surface area contributed by atoms with Gasteiger partial charge in [-0.05, 0) is 24.3 Å². The number of anilines is 1. The van der Waals surface area contributed by atoms with E-state index in [9.17, 15) is 19.5 Å². The number of hydrogen-bond donors (Lipinski definition) is 5. The maximum absolute atomic E-state index is 13.4. The van der Waals surface area contributed by atoms with Crippen molar-refractivity contribution >= 4 is 31.3 Å². The van der Waals surface area contributed by atoms with E-state index in [0.29, 0.717) is 25.2 Å². The largest absolute Gasteiger partial charge is 0.482 e. The van der Waals surface area contributed by atoms with Crippen LogP contribution in [0.1, 0.15) is 38.7 Å². The predicted molar refractivity (Wildman–Crippen MR) is 134 cm³/mol. The first-order valence-corrected chi connectivity index (χ1v) is 11.8. The average molecular weight is 498 g/mol. The number of aromatic nitrogens is 2. The molecular formula is C24H33BN5O6. The Bertz CT molecular complexity index is 968. The highest BCUT2D eigenvalue weighted by molar-refractivity contribution is 6.13. The molecule has 3 rings (SSSR count). The molecule has 0 aliphatic carbocycles. The van der Waals surface area contributed by atoms with Crippen LogP contribution in [0.2, 0.25) is 0 Å². The van der Waals surface area contributed by atoms with Gasteiger partial charge in [0.2, 0.25) is 11.8 Å². The van der Waals surface area contributed by atoms with Gasteiger partial charge in [0, 0.05) is 25.4 Å². The standard InChI is InChI=1S/C24H31N5O4.BH2O2/c1-3-16(2)21(28-20-15-25-11-12-26-20)22(30)27-18(14-17-8-5-4-6-9-17)23(31)29-13-7-10-19(29)24(32)33;2-1-3/h4-6,8-9,11-12,15-16,18-19,21H,3,7,10,13-14H2,1-2H3,(H,26,28)(H,27,30)(H,32,33);2-3H/t16?,18?,19-,21?;/m0./s1. The molecule has 5 N–H and O–H groups in total. The first-order chi connectivity index (χ1) is 17.3. The van der Waals surface area contributed by atoms with Gasteiger partial charge in [0.05, 0.1) is 6.20 Å². The Morgan fingerprint density at radius 2 is 1.89 bits per heavy atom. The topological polar surface area (TPSA) is 165 Å². The summed E-state index contributed by atoms with van der Waals surface area (Å²) in [6.45, 7) is 4.30. The molecule has 1 saturated heterocycles.